The van der Waals surface area contributed by atoms with Crippen molar-refractivity contribution in [2.24, 2.45) is 5.73 Å². The van der Waals surface area contributed by atoms with Crippen LogP contribution in [0.5, 0.6) is 0 Å². The lowest BCUT2D eigenvalue weighted by atomic mass is 10.1. The summed E-state index contributed by atoms with van der Waals surface area (Å²) in [7, 11) is 0. The average molecular weight is 751 g/mol. The molecule has 1 aliphatic rings. The van der Waals surface area contributed by atoms with Crippen molar-refractivity contribution in [3.05, 3.63) is 82.4 Å². The Morgan fingerprint density at radius 3 is 1.96 bits per heavy atom. The van der Waals surface area contributed by atoms with Crippen molar-refractivity contribution in [3.8, 4) is 0 Å². The fourth-order valence-electron chi connectivity index (χ4n) is 7.12. The summed E-state index contributed by atoms with van der Waals surface area (Å²) in [6.07, 6.45) is 1.40. The van der Waals surface area contributed by atoms with Gasteiger partial charge in [0.05, 0.1) is 46.7 Å². The molecule has 6 aromatic rings. The first-order valence-corrected chi connectivity index (χ1v) is 18.4. The normalized spacial score (nSPS) is 13.3. The Bertz CT molecular complexity index is 2340. The fourth-order valence-corrected chi connectivity index (χ4v) is 7.12. The zero-order chi connectivity index (χ0) is 37.9. The molecule has 0 atom stereocenters. The topological polar surface area (TPSA) is 185 Å². The van der Waals surface area contributed by atoms with Gasteiger partial charge in [0, 0.05) is 51.4 Å². The lowest BCUT2D eigenvalue weighted by Gasteiger charge is -2.27. The van der Waals surface area contributed by atoms with Crippen LogP contribution in [-0.4, -0.2) is 87.6 Å². The molecule has 4 aromatic heterocycles. The van der Waals surface area contributed by atoms with Crippen LogP contribution >= 0.6 is 0 Å². The first-order chi connectivity index (χ1) is 26.1. The lowest BCUT2D eigenvalue weighted by molar-refractivity contribution is 0.0343. The second kappa shape index (κ2) is 16.7. The molecular weight excluding hydrogens is 701 g/mol. The number of carbonyl (C=O) groups excluding carboxylic acids is 3. The number of fused-ring (bicyclic) bond motifs is 2. The molecule has 16 nitrogen and oxygen atoms in total. The third-order valence-electron chi connectivity index (χ3n) is 9.71. The molecule has 1 saturated heterocycles. The van der Waals surface area contributed by atoms with Crippen LogP contribution in [0.15, 0.2) is 48.5 Å². The maximum absolute atomic E-state index is 13.7. The van der Waals surface area contributed by atoms with Crippen LogP contribution in [-0.2, 0) is 37.5 Å². The first-order valence-electron chi connectivity index (χ1n) is 18.4. The van der Waals surface area contributed by atoms with E-state index >= 15 is 0 Å². The highest BCUT2D eigenvalue weighted by atomic mass is 16.5. The largest absolute Gasteiger partial charge is 0.379 e. The van der Waals surface area contributed by atoms with Gasteiger partial charge in [-0.05, 0) is 82.5 Å². The third-order valence-corrected chi connectivity index (χ3v) is 9.71. The number of anilines is 2. The van der Waals surface area contributed by atoms with Crippen molar-refractivity contribution < 1.29 is 19.1 Å². The number of carbonyl (C=O) groups is 3. The van der Waals surface area contributed by atoms with Gasteiger partial charge in [0.2, 0.25) is 17.8 Å². The van der Waals surface area contributed by atoms with E-state index in [1.54, 1.807) is 39.7 Å². The van der Waals surface area contributed by atoms with Gasteiger partial charge in [0.15, 0.2) is 0 Å². The summed E-state index contributed by atoms with van der Waals surface area (Å²) in [5.74, 6) is -0.341. The van der Waals surface area contributed by atoms with E-state index in [1.807, 2.05) is 44.4 Å². The van der Waals surface area contributed by atoms with Crippen molar-refractivity contribution >= 4 is 51.7 Å². The standard InChI is InChI=1S/C38H46N12O4.CH4/c1-5-49-31(20-24(3)44-49)35(52)42-37-41-29-22-26(34(39)51)12-13-30(29)47(37)14-7-8-15-48-33-27(23-46-16-18-54-19-17-46)10-9-11-28(33)40-38(48)43-36(53)32-21-25(4)45-50(32)6-2;/h9-13,20-22H,5-8,14-19,23H2,1-4H3,(H2,39,51)(H,40,43,53)(H,41,42,52);1H4. The minimum Gasteiger partial charge on any atom is -0.379 e. The summed E-state index contributed by atoms with van der Waals surface area (Å²) < 4.78 is 13.0. The molecule has 1 fully saturated rings. The fraction of sp³-hybridized carbons (Fsp3) is 0.410. The highest BCUT2D eigenvalue weighted by molar-refractivity contribution is 6.04. The Kier molecular flexibility index (Phi) is 11.8. The van der Waals surface area contributed by atoms with Gasteiger partial charge in [-0.15, -0.1) is 0 Å². The number of imidazole rings is 2. The van der Waals surface area contributed by atoms with Crippen molar-refractivity contribution in [3.63, 3.8) is 0 Å². The lowest BCUT2D eigenvalue weighted by Crippen LogP contribution is -2.35. The molecule has 7 rings (SSSR count). The van der Waals surface area contributed by atoms with Gasteiger partial charge >= 0.3 is 0 Å². The predicted molar refractivity (Wildman–Crippen MR) is 211 cm³/mol. The molecule has 1 aliphatic heterocycles. The zero-order valence-electron chi connectivity index (χ0n) is 31.1. The van der Waals surface area contributed by atoms with E-state index in [-0.39, 0.29) is 19.2 Å². The predicted octanol–water partition coefficient (Wildman–Crippen LogP) is 4.99. The summed E-state index contributed by atoms with van der Waals surface area (Å²) in [4.78, 5) is 51.2. The molecule has 0 radical (unpaired) electrons. The van der Waals surface area contributed by atoms with Gasteiger partial charge in [-0.1, -0.05) is 19.6 Å². The van der Waals surface area contributed by atoms with Crippen molar-refractivity contribution in [1.82, 2.24) is 43.6 Å². The van der Waals surface area contributed by atoms with E-state index in [0.29, 0.717) is 86.6 Å². The van der Waals surface area contributed by atoms with Gasteiger partial charge in [-0.2, -0.15) is 10.2 Å². The average Bonchev–Trinajstić information content (AvgIpc) is 3.92. The molecule has 290 valence electrons. The van der Waals surface area contributed by atoms with E-state index < -0.39 is 5.91 Å². The number of hydrogen-bond acceptors (Lipinski definition) is 9. The maximum Gasteiger partial charge on any atom is 0.276 e. The van der Waals surface area contributed by atoms with Crippen molar-refractivity contribution in [1.29, 1.82) is 0 Å². The molecule has 0 spiro atoms. The number of unbranched alkanes of at least 4 members (excludes halogenated alkanes) is 1. The SMILES string of the molecule is C.CCn1nc(C)cc1C(=O)Nc1nc2cc(C(N)=O)ccc2n1CCCCn1c(NC(=O)c2cc(C)nn2CC)nc2cccc(CN3CCOCC3)c21. The highest BCUT2D eigenvalue weighted by Crippen LogP contribution is 2.28. The smallest absolute Gasteiger partial charge is 0.276 e. The number of ether oxygens (including phenoxy) is 1. The Hall–Kier alpha value is -5.87. The van der Waals surface area contributed by atoms with E-state index in [0.717, 1.165) is 53.1 Å². The molecular formula is C39H50N12O4. The minimum atomic E-state index is -0.558. The van der Waals surface area contributed by atoms with Crippen molar-refractivity contribution in [2.75, 3.05) is 36.9 Å². The minimum absolute atomic E-state index is 0. The molecule has 0 bridgehead atoms. The number of nitrogens with one attached hydrogen (secondary N) is 2. The van der Waals surface area contributed by atoms with Crippen molar-refractivity contribution in [2.45, 2.75) is 80.7 Å². The quantitative estimate of drug-likeness (QED) is 0.129. The van der Waals surface area contributed by atoms with Gasteiger partial charge < -0.3 is 19.6 Å². The number of hydrogen-bond donors (Lipinski definition) is 3. The van der Waals surface area contributed by atoms with Crippen LogP contribution in [0.25, 0.3) is 22.1 Å². The number of aromatic nitrogens is 8. The number of morpholine rings is 1. The van der Waals surface area contributed by atoms with Gasteiger partial charge in [0.1, 0.15) is 11.4 Å². The molecule has 55 heavy (non-hydrogen) atoms. The molecule has 2 aromatic carbocycles. The number of primary amides is 1. The number of rotatable bonds is 14. The highest BCUT2D eigenvalue weighted by Gasteiger charge is 2.22. The summed E-state index contributed by atoms with van der Waals surface area (Å²) >= 11 is 0. The maximum atomic E-state index is 13.7. The van der Waals surface area contributed by atoms with Gasteiger partial charge in [0.25, 0.3) is 11.8 Å². The number of nitrogens with zero attached hydrogens (tertiary/aromatic N) is 9. The van der Waals surface area contributed by atoms with Crippen LogP contribution in [0.2, 0.25) is 0 Å². The van der Waals surface area contributed by atoms with Gasteiger partial charge in [-0.3, -0.25) is 39.3 Å². The molecule has 5 heterocycles. The third kappa shape index (κ3) is 8.15. The summed E-state index contributed by atoms with van der Waals surface area (Å²) in [6.45, 7) is 13.6. The van der Waals surface area contributed by atoms with Crippen LogP contribution in [0, 0.1) is 13.8 Å². The molecule has 0 saturated carbocycles. The second-order valence-corrected chi connectivity index (χ2v) is 13.5. The van der Waals surface area contributed by atoms with Crippen LogP contribution in [0.1, 0.15) is 82.4 Å². The monoisotopic (exact) mass is 750 g/mol. The molecule has 0 aliphatic carbocycles. The number of nitrogens with two attached hydrogens (primary N) is 1. The van der Waals surface area contributed by atoms with E-state index in [9.17, 15) is 14.4 Å². The second-order valence-electron chi connectivity index (χ2n) is 13.5. The van der Waals surface area contributed by atoms with Crippen LogP contribution < -0.4 is 16.4 Å². The summed E-state index contributed by atoms with van der Waals surface area (Å²) in [5.41, 5.74) is 12.5. The Morgan fingerprint density at radius 1 is 0.782 bits per heavy atom. The zero-order valence-corrected chi connectivity index (χ0v) is 31.1. The Balaban J connectivity index is 0.00000514. The van der Waals surface area contributed by atoms with E-state index in [1.165, 1.54) is 0 Å². The number of para-hydroxylation sites is 1. The summed E-state index contributed by atoms with van der Waals surface area (Å²) in [5, 5.41) is 15.0. The Labute approximate surface area is 319 Å². The van der Waals surface area contributed by atoms with Crippen LogP contribution in [0.3, 0.4) is 0 Å². The number of benzene rings is 2. The number of aryl methyl sites for hydroxylation is 6. The Morgan fingerprint density at radius 2 is 1.36 bits per heavy atom. The number of amides is 3. The van der Waals surface area contributed by atoms with E-state index in [2.05, 4.69) is 36.4 Å². The van der Waals surface area contributed by atoms with E-state index in [4.69, 9.17) is 20.4 Å². The van der Waals surface area contributed by atoms with Gasteiger partial charge in [-0.25, -0.2) is 9.97 Å². The molecule has 3 amide bonds. The molecule has 0 unspecified atom stereocenters. The van der Waals surface area contributed by atoms with Crippen LogP contribution in [0.4, 0.5) is 11.9 Å². The molecule has 16 heteroatoms. The molecule has 4 N–H and O–H groups in total. The first kappa shape index (κ1) is 38.8. The summed E-state index contributed by atoms with van der Waals surface area (Å²) in [6, 6.07) is 14.7.